The van der Waals surface area contributed by atoms with E-state index in [1.807, 2.05) is 54.6 Å². The first-order valence-corrected chi connectivity index (χ1v) is 9.04. The Hall–Kier alpha value is -3.12. The van der Waals surface area contributed by atoms with Crippen LogP contribution < -0.4 is 15.6 Å². The largest absolute Gasteiger partial charge is 0.484 e. The summed E-state index contributed by atoms with van der Waals surface area (Å²) in [6.45, 7) is -0.199. The lowest BCUT2D eigenvalue weighted by Crippen LogP contribution is -2.43. The van der Waals surface area contributed by atoms with Crippen LogP contribution in [-0.4, -0.2) is 18.4 Å². The molecule has 0 aliphatic carbocycles. The number of hydrogen-bond donors (Lipinski definition) is 2. The lowest BCUT2D eigenvalue weighted by molar-refractivity contribution is -0.128. The number of benzene rings is 3. The summed E-state index contributed by atoms with van der Waals surface area (Å²) in [6, 6.07) is 20.9. The average Bonchev–Trinajstić information content (AvgIpc) is 2.70. The van der Waals surface area contributed by atoms with Crippen molar-refractivity contribution in [3.05, 3.63) is 82.8 Å². The van der Waals surface area contributed by atoms with Gasteiger partial charge in [-0.1, -0.05) is 58.4 Å². The Morgan fingerprint density at radius 3 is 2.48 bits per heavy atom. The second-order valence-electron chi connectivity index (χ2n) is 5.68. The van der Waals surface area contributed by atoms with Crippen molar-refractivity contribution in [3.63, 3.8) is 0 Å². The molecule has 0 aliphatic heterocycles. The minimum atomic E-state index is -0.454. The number of hydrogen-bond acceptors (Lipinski definition) is 3. The molecule has 0 saturated heterocycles. The molecule has 0 heterocycles. The van der Waals surface area contributed by atoms with Gasteiger partial charge in [0, 0.05) is 10.5 Å². The van der Waals surface area contributed by atoms with Crippen molar-refractivity contribution < 1.29 is 14.3 Å². The lowest BCUT2D eigenvalue weighted by Gasteiger charge is -2.07. The van der Waals surface area contributed by atoms with E-state index in [2.05, 4.69) is 26.8 Å². The summed E-state index contributed by atoms with van der Waals surface area (Å²) in [5, 5.41) is 2.15. The van der Waals surface area contributed by atoms with Crippen LogP contribution in [0, 0.1) is 0 Å². The highest BCUT2D eigenvalue weighted by Gasteiger charge is 2.04. The van der Waals surface area contributed by atoms with Crippen LogP contribution in [0.15, 0.2) is 77.3 Å². The van der Waals surface area contributed by atoms with Gasteiger partial charge < -0.3 is 4.74 Å². The zero-order valence-electron chi connectivity index (χ0n) is 14.3. The van der Waals surface area contributed by atoms with Crippen LogP contribution >= 0.6 is 15.9 Å². The first kappa shape index (κ1) is 18.7. The molecule has 3 aromatic carbocycles. The molecule has 0 saturated carbocycles. The van der Waals surface area contributed by atoms with Crippen LogP contribution in [0.25, 0.3) is 16.8 Å². The van der Waals surface area contributed by atoms with E-state index in [0.29, 0.717) is 5.75 Å². The topological polar surface area (TPSA) is 67.4 Å². The molecule has 136 valence electrons. The quantitative estimate of drug-likeness (QED) is 0.482. The number of fused-ring (bicyclic) bond motifs is 1. The zero-order chi connectivity index (χ0) is 19.1. The maximum atomic E-state index is 11.9. The Morgan fingerprint density at radius 2 is 1.67 bits per heavy atom. The molecular formula is C21H17BrN2O3. The number of hydrazine groups is 1. The monoisotopic (exact) mass is 424 g/mol. The third-order valence-electron chi connectivity index (χ3n) is 3.75. The van der Waals surface area contributed by atoms with Crippen LogP contribution in [0.1, 0.15) is 5.56 Å². The van der Waals surface area contributed by atoms with Gasteiger partial charge >= 0.3 is 0 Å². The molecule has 0 radical (unpaired) electrons. The van der Waals surface area contributed by atoms with Gasteiger partial charge in [-0.05, 0) is 46.7 Å². The Labute approximate surface area is 165 Å². The predicted octanol–water partition coefficient (Wildman–Crippen LogP) is 3.84. The summed E-state index contributed by atoms with van der Waals surface area (Å²) in [7, 11) is 0. The Bertz CT molecular complexity index is 979. The maximum Gasteiger partial charge on any atom is 0.276 e. The van der Waals surface area contributed by atoms with Gasteiger partial charge in [0.1, 0.15) is 5.75 Å². The van der Waals surface area contributed by atoms with E-state index in [1.165, 1.54) is 6.08 Å². The van der Waals surface area contributed by atoms with E-state index in [-0.39, 0.29) is 6.61 Å². The second kappa shape index (κ2) is 9.00. The summed E-state index contributed by atoms with van der Waals surface area (Å²) < 4.78 is 6.25. The second-order valence-corrected chi connectivity index (χ2v) is 6.60. The molecule has 27 heavy (non-hydrogen) atoms. The molecule has 0 spiro atoms. The number of carbonyl (C=O) groups is 2. The van der Waals surface area contributed by atoms with Crippen molar-refractivity contribution in [1.82, 2.24) is 10.9 Å². The fourth-order valence-corrected chi connectivity index (χ4v) is 2.71. The van der Waals surface area contributed by atoms with E-state index in [4.69, 9.17) is 4.74 Å². The van der Waals surface area contributed by atoms with Crippen LogP contribution in [0.5, 0.6) is 5.75 Å². The van der Waals surface area contributed by atoms with Gasteiger partial charge in [-0.15, -0.1) is 0 Å². The number of carbonyl (C=O) groups excluding carboxylic acids is 2. The van der Waals surface area contributed by atoms with Crippen LogP contribution in [0.3, 0.4) is 0 Å². The molecule has 2 N–H and O–H groups in total. The fourth-order valence-electron chi connectivity index (χ4n) is 2.45. The number of nitrogens with one attached hydrogen (secondary N) is 2. The van der Waals surface area contributed by atoms with E-state index in [0.717, 1.165) is 20.8 Å². The molecule has 6 heteroatoms. The van der Waals surface area contributed by atoms with Crippen LogP contribution in [0.4, 0.5) is 0 Å². The van der Waals surface area contributed by atoms with Gasteiger partial charge in [0.25, 0.3) is 11.8 Å². The van der Waals surface area contributed by atoms with Gasteiger partial charge in [0.05, 0.1) is 0 Å². The van der Waals surface area contributed by atoms with Crippen molar-refractivity contribution in [1.29, 1.82) is 0 Å². The van der Waals surface area contributed by atoms with E-state index >= 15 is 0 Å². The van der Waals surface area contributed by atoms with Crippen molar-refractivity contribution in [2.75, 3.05) is 6.61 Å². The molecule has 2 amide bonds. The van der Waals surface area contributed by atoms with Gasteiger partial charge in [-0.3, -0.25) is 20.4 Å². The minimum Gasteiger partial charge on any atom is -0.484 e. The number of amides is 2. The highest BCUT2D eigenvalue weighted by atomic mass is 79.9. The number of halogens is 1. The molecule has 0 aromatic heterocycles. The maximum absolute atomic E-state index is 11.9. The molecule has 0 atom stereocenters. The minimum absolute atomic E-state index is 0.199. The fraction of sp³-hybridized carbons (Fsp3) is 0.0476. The Morgan fingerprint density at radius 1 is 0.926 bits per heavy atom. The normalized spacial score (nSPS) is 10.7. The molecule has 0 unspecified atom stereocenters. The molecule has 3 rings (SSSR count). The third-order valence-corrected chi connectivity index (χ3v) is 4.27. The van der Waals surface area contributed by atoms with Crippen molar-refractivity contribution in [3.8, 4) is 5.75 Å². The van der Waals surface area contributed by atoms with E-state index < -0.39 is 11.8 Å². The summed E-state index contributed by atoms with van der Waals surface area (Å²) in [5.74, 6) is -0.319. The summed E-state index contributed by atoms with van der Waals surface area (Å²) in [5.41, 5.74) is 5.57. The molecular weight excluding hydrogens is 408 g/mol. The smallest absolute Gasteiger partial charge is 0.276 e. The summed E-state index contributed by atoms with van der Waals surface area (Å²) in [6.07, 6.45) is 3.08. The van der Waals surface area contributed by atoms with Crippen molar-refractivity contribution in [2.45, 2.75) is 0 Å². The Kier molecular flexibility index (Phi) is 6.22. The van der Waals surface area contributed by atoms with E-state index in [9.17, 15) is 9.59 Å². The molecule has 0 aliphatic rings. The Balaban J connectivity index is 1.49. The highest BCUT2D eigenvalue weighted by Crippen LogP contribution is 2.19. The first-order valence-electron chi connectivity index (χ1n) is 8.25. The first-order chi connectivity index (χ1) is 13.1. The number of rotatable bonds is 5. The molecule has 3 aromatic rings. The molecule has 0 bridgehead atoms. The summed E-state index contributed by atoms with van der Waals surface area (Å²) in [4.78, 5) is 23.7. The van der Waals surface area contributed by atoms with Gasteiger partial charge in [0.15, 0.2) is 6.61 Å². The van der Waals surface area contributed by atoms with E-state index in [1.54, 1.807) is 18.2 Å². The van der Waals surface area contributed by atoms with Crippen LogP contribution in [0.2, 0.25) is 0 Å². The standard InChI is InChI=1S/C21H17BrN2O3/c22-17-9-11-18(12-10-17)27-14-21(26)24-23-20(25)13-8-16-6-3-5-15-4-1-2-7-19(15)16/h1-13H,14H2,(H,23,25)(H,24,26). The predicted molar refractivity (Wildman–Crippen MR) is 109 cm³/mol. The SMILES string of the molecule is O=C(C=Cc1cccc2ccccc12)NNC(=O)COc1ccc(Br)cc1. The third kappa shape index (κ3) is 5.43. The van der Waals surface area contributed by atoms with Crippen molar-refractivity contribution >= 4 is 44.6 Å². The van der Waals surface area contributed by atoms with Gasteiger partial charge in [-0.2, -0.15) is 0 Å². The highest BCUT2D eigenvalue weighted by molar-refractivity contribution is 9.10. The van der Waals surface area contributed by atoms with Crippen molar-refractivity contribution in [2.24, 2.45) is 0 Å². The summed E-state index contributed by atoms with van der Waals surface area (Å²) >= 11 is 3.32. The lowest BCUT2D eigenvalue weighted by atomic mass is 10.0. The molecule has 5 nitrogen and oxygen atoms in total. The average molecular weight is 425 g/mol. The number of ether oxygens (including phenoxy) is 1. The molecule has 0 fully saturated rings. The van der Waals surface area contributed by atoms with Crippen LogP contribution in [-0.2, 0) is 9.59 Å². The van der Waals surface area contributed by atoms with Gasteiger partial charge in [0.2, 0.25) is 0 Å². The zero-order valence-corrected chi connectivity index (χ0v) is 15.9. The van der Waals surface area contributed by atoms with Gasteiger partial charge in [-0.25, -0.2) is 0 Å².